The molecule has 14 heteroatoms. The summed E-state index contributed by atoms with van der Waals surface area (Å²) in [4.78, 5) is 43.2. The number of carbonyl (C=O) groups excluding carboxylic acids is 1. The number of halogens is 4. The van der Waals surface area contributed by atoms with Gasteiger partial charge < -0.3 is 19.5 Å². The highest BCUT2D eigenvalue weighted by atomic mass is 32.2. The van der Waals surface area contributed by atoms with Crippen LogP contribution in [-0.4, -0.2) is 48.4 Å². The molecule has 8 nitrogen and oxygen atoms in total. The maximum Gasteiger partial charge on any atom is 0.417 e. The van der Waals surface area contributed by atoms with Gasteiger partial charge in [-0.05, 0) is 59.9 Å². The van der Waals surface area contributed by atoms with Crippen molar-refractivity contribution in [3.63, 3.8) is 0 Å². The van der Waals surface area contributed by atoms with Crippen molar-refractivity contribution in [2.75, 3.05) is 12.4 Å². The van der Waals surface area contributed by atoms with Crippen LogP contribution in [0.4, 0.5) is 22.4 Å². The van der Waals surface area contributed by atoms with E-state index in [-0.39, 0.29) is 33.9 Å². The predicted octanol–water partition coefficient (Wildman–Crippen LogP) is 7.60. The number of aromatic nitrogens is 2. The van der Waals surface area contributed by atoms with E-state index in [4.69, 9.17) is 9.16 Å². The zero-order valence-corrected chi connectivity index (χ0v) is 31.9. The van der Waals surface area contributed by atoms with Gasteiger partial charge in [-0.3, -0.25) is 9.78 Å². The molecule has 0 aliphatic carbocycles. The largest absolute Gasteiger partial charge is 0.444 e. The first-order valence-electron chi connectivity index (χ1n) is 16.8. The molecule has 0 fully saturated rings. The Morgan fingerprint density at radius 2 is 1.42 bits per heavy atom. The van der Waals surface area contributed by atoms with Gasteiger partial charge in [-0.25, -0.2) is 14.0 Å². The van der Waals surface area contributed by atoms with Crippen molar-refractivity contribution < 1.29 is 31.5 Å². The molecular formula is C39H41F4N3O5SSi. The number of amides is 1. The number of H-pyrrole nitrogens is 2. The first-order valence-corrected chi connectivity index (χ1v) is 19.7. The highest BCUT2D eigenvalue weighted by Gasteiger charge is 2.50. The van der Waals surface area contributed by atoms with E-state index in [2.05, 4.69) is 31.1 Å². The molecule has 0 saturated carbocycles. The van der Waals surface area contributed by atoms with Crippen molar-refractivity contribution >= 4 is 47.4 Å². The molecule has 1 aromatic heterocycles. The van der Waals surface area contributed by atoms with Crippen molar-refractivity contribution in [2.24, 2.45) is 0 Å². The molecule has 0 unspecified atom stereocenters. The van der Waals surface area contributed by atoms with Gasteiger partial charge >= 0.3 is 18.0 Å². The molecule has 0 saturated heterocycles. The van der Waals surface area contributed by atoms with E-state index < -0.39 is 65.3 Å². The average molecular weight is 768 g/mol. The molecule has 1 atom stereocenters. The molecule has 1 amide bonds. The SMILES string of the molecule is CC(C)(C)OC(=O)N[C@@H](CO[Si](c1ccccc1)(c1ccccc1)C(C)(C)C)CSc1c(-c2ccc(F)cc2)c(C(F)(F)F)cc2c(=O)[nH]c(=O)[nH]c12. The lowest BCUT2D eigenvalue weighted by molar-refractivity contribution is -0.137. The third kappa shape index (κ3) is 8.94. The molecule has 280 valence electrons. The van der Waals surface area contributed by atoms with E-state index in [1.54, 1.807) is 20.8 Å². The normalized spacial score (nSPS) is 13.2. The lowest BCUT2D eigenvalue weighted by atomic mass is 9.97. The third-order valence-electron chi connectivity index (χ3n) is 8.50. The lowest BCUT2D eigenvalue weighted by Crippen LogP contribution is -2.67. The molecule has 0 bridgehead atoms. The molecule has 5 aromatic rings. The van der Waals surface area contributed by atoms with Crippen molar-refractivity contribution in [1.29, 1.82) is 0 Å². The van der Waals surface area contributed by atoms with Crippen LogP contribution in [0.25, 0.3) is 22.0 Å². The van der Waals surface area contributed by atoms with Crippen LogP contribution in [0.15, 0.2) is 105 Å². The number of hydrogen-bond donors (Lipinski definition) is 3. The fraction of sp³-hybridized carbons (Fsp3) is 0.308. The summed E-state index contributed by atoms with van der Waals surface area (Å²) in [5, 5.41) is 3.97. The van der Waals surface area contributed by atoms with E-state index in [1.165, 1.54) is 12.1 Å². The molecule has 0 spiro atoms. The second kappa shape index (κ2) is 15.4. The van der Waals surface area contributed by atoms with Crippen LogP contribution in [0, 0.1) is 5.82 Å². The van der Waals surface area contributed by atoms with Crippen LogP contribution in [0.2, 0.25) is 5.04 Å². The number of nitrogens with one attached hydrogen (secondary N) is 3. The summed E-state index contributed by atoms with van der Waals surface area (Å²) in [7, 11) is -3.16. The van der Waals surface area contributed by atoms with Crippen molar-refractivity contribution in [1.82, 2.24) is 15.3 Å². The average Bonchev–Trinajstić information content (AvgIpc) is 3.06. The van der Waals surface area contributed by atoms with Gasteiger partial charge in [0, 0.05) is 16.2 Å². The van der Waals surface area contributed by atoms with Gasteiger partial charge in [0.25, 0.3) is 13.9 Å². The number of hydrogen-bond acceptors (Lipinski definition) is 6. The summed E-state index contributed by atoms with van der Waals surface area (Å²) in [6.07, 6.45) is -5.72. The Morgan fingerprint density at radius 1 is 0.849 bits per heavy atom. The summed E-state index contributed by atoms with van der Waals surface area (Å²) in [5.74, 6) is -0.749. The fourth-order valence-corrected chi connectivity index (χ4v) is 12.2. The molecule has 5 rings (SSSR count). The van der Waals surface area contributed by atoms with Gasteiger partial charge in [0.15, 0.2) is 0 Å². The minimum Gasteiger partial charge on any atom is -0.444 e. The number of ether oxygens (including phenoxy) is 1. The molecule has 4 aromatic carbocycles. The molecule has 0 radical (unpaired) electrons. The topological polar surface area (TPSA) is 113 Å². The summed E-state index contributed by atoms with van der Waals surface area (Å²) in [6.45, 7) is 11.3. The predicted molar refractivity (Wildman–Crippen MR) is 203 cm³/mol. The number of fused-ring (bicyclic) bond motifs is 1. The van der Waals surface area contributed by atoms with Gasteiger partial charge in [0.1, 0.15) is 11.4 Å². The highest BCUT2D eigenvalue weighted by Crippen LogP contribution is 2.45. The minimum absolute atomic E-state index is 0.00414. The van der Waals surface area contributed by atoms with Crippen molar-refractivity contribution in [3.8, 4) is 11.1 Å². The Hall–Kier alpha value is -4.66. The smallest absolute Gasteiger partial charge is 0.417 e. The maximum absolute atomic E-state index is 14.8. The van der Waals surface area contributed by atoms with Crippen LogP contribution >= 0.6 is 11.8 Å². The summed E-state index contributed by atoms with van der Waals surface area (Å²) < 4.78 is 71.1. The van der Waals surface area contributed by atoms with Crippen LogP contribution in [0.5, 0.6) is 0 Å². The molecule has 3 N–H and O–H groups in total. The molecule has 0 aliphatic heterocycles. The van der Waals surface area contributed by atoms with Crippen LogP contribution in [-0.2, 0) is 15.3 Å². The van der Waals surface area contributed by atoms with Crippen LogP contribution in [0.1, 0.15) is 47.1 Å². The highest BCUT2D eigenvalue weighted by molar-refractivity contribution is 7.99. The number of benzene rings is 4. The molecular weight excluding hydrogens is 727 g/mol. The number of aromatic amines is 2. The first-order chi connectivity index (χ1) is 24.8. The summed E-state index contributed by atoms with van der Waals surface area (Å²) in [6, 6.07) is 23.8. The van der Waals surface area contributed by atoms with Crippen molar-refractivity contribution in [2.45, 2.75) is 69.3 Å². The van der Waals surface area contributed by atoms with Gasteiger partial charge in [-0.2, -0.15) is 13.2 Å². The summed E-state index contributed by atoms with van der Waals surface area (Å²) in [5.41, 5.74) is -4.46. The van der Waals surface area contributed by atoms with E-state index in [0.717, 1.165) is 34.3 Å². The Balaban J connectivity index is 1.66. The second-order valence-electron chi connectivity index (χ2n) is 14.6. The van der Waals surface area contributed by atoms with Crippen molar-refractivity contribution in [3.05, 3.63) is 123 Å². The zero-order chi connectivity index (χ0) is 38.8. The Morgan fingerprint density at radius 3 is 1.92 bits per heavy atom. The molecule has 0 aliphatic rings. The number of alkyl carbamates (subject to hydrolysis) is 1. The Labute approximate surface area is 309 Å². The quantitative estimate of drug-likeness (QED) is 0.0767. The van der Waals surface area contributed by atoms with E-state index in [1.807, 2.05) is 65.6 Å². The van der Waals surface area contributed by atoms with Gasteiger partial charge in [0.05, 0.1) is 29.1 Å². The molecule has 1 heterocycles. The first kappa shape index (κ1) is 39.5. The number of alkyl halides is 3. The number of rotatable bonds is 10. The zero-order valence-electron chi connectivity index (χ0n) is 30.1. The maximum atomic E-state index is 14.8. The standard InChI is InChI=1S/C39H41F4N3O5SSi/c1-37(2,3)51-36(49)44-26(22-50-53(38(4,5)6,27-13-9-7-10-14-27)28-15-11-8-12-16-28)23-52-33-31(24-17-19-25(40)20-18-24)30(39(41,42)43)21-29-32(33)45-35(48)46-34(29)47/h7-21,26H,22-23H2,1-6H3,(H,44,49)(H2,45,46,47,48)/t26-/m0/s1. The van der Waals surface area contributed by atoms with Gasteiger partial charge in [-0.15, -0.1) is 11.8 Å². The molecule has 53 heavy (non-hydrogen) atoms. The fourth-order valence-electron chi connectivity index (χ4n) is 6.32. The van der Waals surface area contributed by atoms with E-state index in [0.29, 0.717) is 6.07 Å². The Kier molecular flexibility index (Phi) is 11.5. The summed E-state index contributed by atoms with van der Waals surface area (Å²) >= 11 is 0.890. The van der Waals surface area contributed by atoms with Gasteiger partial charge in [0.2, 0.25) is 0 Å². The lowest BCUT2D eigenvalue weighted by Gasteiger charge is -2.43. The monoisotopic (exact) mass is 767 g/mol. The minimum atomic E-state index is -4.95. The third-order valence-corrected chi connectivity index (χ3v) is 14.8. The van der Waals surface area contributed by atoms with Crippen LogP contribution < -0.4 is 26.9 Å². The van der Waals surface area contributed by atoms with E-state index in [9.17, 15) is 31.9 Å². The van der Waals surface area contributed by atoms with Crippen LogP contribution in [0.3, 0.4) is 0 Å². The van der Waals surface area contributed by atoms with E-state index >= 15 is 0 Å². The number of carbonyl (C=O) groups is 1. The number of thioether (sulfide) groups is 1. The Bertz CT molecular complexity index is 2140. The second-order valence-corrected chi connectivity index (χ2v) is 19.9. The van der Waals surface area contributed by atoms with Gasteiger partial charge in [-0.1, -0.05) is 93.6 Å².